The first-order valence-electron chi connectivity index (χ1n) is 4.88. The van der Waals surface area contributed by atoms with Crippen LogP contribution in [0.3, 0.4) is 0 Å². The molecule has 2 nitrogen and oxygen atoms in total. The van der Waals surface area contributed by atoms with Gasteiger partial charge in [-0.3, -0.25) is 0 Å². The number of nitrogens with one attached hydrogen (secondary N) is 1. The second-order valence-electron chi connectivity index (χ2n) is 3.87. The van der Waals surface area contributed by atoms with Gasteiger partial charge in [0.2, 0.25) is 0 Å². The van der Waals surface area contributed by atoms with Crippen molar-refractivity contribution >= 4 is 0 Å². The normalized spacial score (nSPS) is 21.4. The molecule has 1 saturated heterocycles. The molecule has 76 valence electrons. The zero-order valence-electron chi connectivity index (χ0n) is 8.18. The van der Waals surface area contributed by atoms with Gasteiger partial charge in [-0.2, -0.15) is 0 Å². The van der Waals surface area contributed by atoms with Crippen LogP contribution in [0.15, 0.2) is 12.1 Å². The van der Waals surface area contributed by atoms with Crippen LogP contribution in [-0.4, -0.2) is 18.2 Å². The van der Waals surface area contributed by atoms with E-state index < -0.39 is 5.82 Å². The van der Waals surface area contributed by atoms with Crippen LogP contribution >= 0.6 is 0 Å². The van der Waals surface area contributed by atoms with E-state index in [0.29, 0.717) is 0 Å². The van der Waals surface area contributed by atoms with Crippen molar-refractivity contribution < 1.29 is 9.50 Å². The Hall–Kier alpha value is -1.09. The molecule has 1 aliphatic heterocycles. The standard InChI is InChI=1S/C11H14FNO/c1-7-4-9(8-2-3-13-6-8)11(14)10(12)5-7/h4-5,8,13-14H,2-3,6H2,1H3. The summed E-state index contributed by atoms with van der Waals surface area (Å²) in [5.41, 5.74) is 1.61. The Balaban J connectivity index is 2.40. The van der Waals surface area contributed by atoms with E-state index in [1.165, 1.54) is 6.07 Å². The first kappa shape index (κ1) is 9.46. The molecular weight excluding hydrogens is 181 g/mol. The molecule has 1 fully saturated rings. The van der Waals surface area contributed by atoms with Crippen molar-refractivity contribution in [3.05, 3.63) is 29.1 Å². The maximum absolute atomic E-state index is 13.2. The Morgan fingerprint density at radius 3 is 2.93 bits per heavy atom. The fourth-order valence-corrected chi connectivity index (χ4v) is 1.99. The van der Waals surface area contributed by atoms with Crippen molar-refractivity contribution in [1.82, 2.24) is 5.32 Å². The molecule has 1 atom stereocenters. The third kappa shape index (κ3) is 1.60. The van der Waals surface area contributed by atoms with Crippen molar-refractivity contribution in [2.45, 2.75) is 19.3 Å². The average Bonchev–Trinajstić information content (AvgIpc) is 2.63. The predicted octanol–water partition coefficient (Wildman–Crippen LogP) is 1.92. The first-order chi connectivity index (χ1) is 6.68. The van der Waals surface area contributed by atoms with Gasteiger partial charge in [-0.25, -0.2) is 4.39 Å². The van der Waals surface area contributed by atoms with Crippen molar-refractivity contribution in [3.8, 4) is 5.75 Å². The summed E-state index contributed by atoms with van der Waals surface area (Å²) >= 11 is 0. The molecule has 0 aliphatic carbocycles. The molecule has 0 radical (unpaired) electrons. The molecular formula is C11H14FNO. The largest absolute Gasteiger partial charge is 0.505 e. The third-order valence-corrected chi connectivity index (χ3v) is 2.74. The number of aromatic hydroxyl groups is 1. The molecule has 0 saturated carbocycles. The molecule has 2 rings (SSSR count). The number of phenols is 1. The highest BCUT2D eigenvalue weighted by molar-refractivity contribution is 5.40. The lowest BCUT2D eigenvalue weighted by Gasteiger charge is -2.12. The Morgan fingerprint density at radius 1 is 1.50 bits per heavy atom. The molecule has 3 heteroatoms. The summed E-state index contributed by atoms with van der Waals surface area (Å²) in [7, 11) is 0. The number of phenolic OH excluding ortho intramolecular Hbond substituents is 1. The van der Waals surface area contributed by atoms with Crippen LogP contribution in [0.4, 0.5) is 4.39 Å². The highest BCUT2D eigenvalue weighted by Gasteiger charge is 2.21. The van der Waals surface area contributed by atoms with Crippen LogP contribution in [0.25, 0.3) is 0 Å². The van der Waals surface area contributed by atoms with Gasteiger partial charge in [-0.05, 0) is 31.5 Å². The number of hydrogen-bond acceptors (Lipinski definition) is 2. The third-order valence-electron chi connectivity index (χ3n) is 2.74. The van der Waals surface area contributed by atoms with E-state index >= 15 is 0 Å². The van der Waals surface area contributed by atoms with E-state index in [0.717, 1.165) is 30.6 Å². The zero-order valence-corrected chi connectivity index (χ0v) is 8.18. The average molecular weight is 195 g/mol. The smallest absolute Gasteiger partial charge is 0.165 e. The minimum Gasteiger partial charge on any atom is -0.505 e. The van der Waals surface area contributed by atoms with E-state index in [2.05, 4.69) is 5.32 Å². The second-order valence-corrected chi connectivity index (χ2v) is 3.87. The topological polar surface area (TPSA) is 32.3 Å². The monoisotopic (exact) mass is 195 g/mol. The zero-order chi connectivity index (χ0) is 10.1. The summed E-state index contributed by atoms with van der Waals surface area (Å²) in [4.78, 5) is 0. The quantitative estimate of drug-likeness (QED) is 0.717. The van der Waals surface area contributed by atoms with Gasteiger partial charge in [0.1, 0.15) is 0 Å². The van der Waals surface area contributed by atoms with Gasteiger partial charge in [-0.15, -0.1) is 0 Å². The van der Waals surface area contributed by atoms with E-state index in [1.807, 2.05) is 13.0 Å². The maximum Gasteiger partial charge on any atom is 0.165 e. The van der Waals surface area contributed by atoms with E-state index in [1.54, 1.807) is 0 Å². The number of aryl methyl sites for hydroxylation is 1. The molecule has 2 N–H and O–H groups in total. The van der Waals surface area contributed by atoms with Crippen LogP contribution in [0.1, 0.15) is 23.5 Å². The minimum absolute atomic E-state index is 0.177. The number of hydrogen-bond donors (Lipinski definition) is 2. The first-order valence-corrected chi connectivity index (χ1v) is 4.88. The van der Waals surface area contributed by atoms with Gasteiger partial charge in [0.25, 0.3) is 0 Å². The molecule has 1 unspecified atom stereocenters. The molecule has 1 aliphatic rings. The molecule has 0 bridgehead atoms. The summed E-state index contributed by atoms with van der Waals surface area (Å²) in [6.07, 6.45) is 0.969. The molecule has 0 spiro atoms. The van der Waals surface area contributed by atoms with Crippen LogP contribution in [-0.2, 0) is 0 Å². The van der Waals surface area contributed by atoms with Crippen LogP contribution in [0.2, 0.25) is 0 Å². The lowest BCUT2D eigenvalue weighted by atomic mass is 9.95. The van der Waals surface area contributed by atoms with Crippen molar-refractivity contribution in [3.63, 3.8) is 0 Å². The fourth-order valence-electron chi connectivity index (χ4n) is 1.99. The summed E-state index contributed by atoms with van der Waals surface area (Å²) in [6, 6.07) is 3.23. The molecule has 1 aromatic rings. The predicted molar refractivity (Wildman–Crippen MR) is 53.0 cm³/mol. The summed E-state index contributed by atoms with van der Waals surface area (Å²) in [5.74, 6) is -0.430. The van der Waals surface area contributed by atoms with Crippen LogP contribution < -0.4 is 5.32 Å². The number of rotatable bonds is 1. The van der Waals surface area contributed by atoms with Gasteiger partial charge >= 0.3 is 0 Å². The lowest BCUT2D eigenvalue weighted by Crippen LogP contribution is -2.08. The summed E-state index contributed by atoms with van der Waals surface area (Å²) in [6.45, 7) is 3.62. The second kappa shape index (κ2) is 3.58. The molecule has 0 amide bonds. The van der Waals surface area contributed by atoms with Crippen molar-refractivity contribution in [1.29, 1.82) is 0 Å². The van der Waals surface area contributed by atoms with Gasteiger partial charge in [0.15, 0.2) is 11.6 Å². The summed E-state index contributed by atoms with van der Waals surface area (Å²) in [5, 5.41) is 12.8. The van der Waals surface area contributed by atoms with Crippen molar-refractivity contribution in [2.24, 2.45) is 0 Å². The van der Waals surface area contributed by atoms with E-state index in [-0.39, 0.29) is 11.7 Å². The highest BCUT2D eigenvalue weighted by atomic mass is 19.1. The van der Waals surface area contributed by atoms with Crippen molar-refractivity contribution in [2.75, 3.05) is 13.1 Å². The van der Waals surface area contributed by atoms with Gasteiger partial charge in [0.05, 0.1) is 0 Å². The van der Waals surface area contributed by atoms with E-state index in [9.17, 15) is 9.50 Å². The van der Waals surface area contributed by atoms with Gasteiger partial charge in [-0.1, -0.05) is 6.07 Å². The lowest BCUT2D eigenvalue weighted by molar-refractivity contribution is 0.421. The Kier molecular flexibility index (Phi) is 2.42. The van der Waals surface area contributed by atoms with E-state index in [4.69, 9.17) is 0 Å². The Labute approximate surface area is 82.8 Å². The van der Waals surface area contributed by atoms with Gasteiger partial charge in [0, 0.05) is 18.0 Å². The molecule has 1 heterocycles. The molecule has 14 heavy (non-hydrogen) atoms. The maximum atomic E-state index is 13.2. The summed E-state index contributed by atoms with van der Waals surface area (Å²) < 4.78 is 13.2. The minimum atomic E-state index is -0.507. The van der Waals surface area contributed by atoms with Crippen LogP contribution in [0, 0.1) is 12.7 Å². The number of halogens is 1. The molecule has 0 aromatic heterocycles. The highest BCUT2D eigenvalue weighted by Crippen LogP contribution is 2.32. The Morgan fingerprint density at radius 2 is 2.29 bits per heavy atom. The molecule has 1 aromatic carbocycles. The van der Waals surface area contributed by atoms with Crippen LogP contribution in [0.5, 0.6) is 5.75 Å². The van der Waals surface area contributed by atoms with Gasteiger partial charge < -0.3 is 10.4 Å². The SMILES string of the molecule is Cc1cc(F)c(O)c(C2CCNC2)c1. The Bertz CT molecular complexity index is 345. The number of benzene rings is 1. The fraction of sp³-hybridized carbons (Fsp3) is 0.455.